The van der Waals surface area contributed by atoms with E-state index in [0.29, 0.717) is 17.5 Å². The third-order valence-corrected chi connectivity index (χ3v) is 11.8. The molecular formula is C55H35N5. The molecule has 0 amide bonds. The van der Waals surface area contributed by atoms with Crippen LogP contribution in [0.5, 0.6) is 0 Å². The largest absolute Gasteiger partial charge is 0.309 e. The van der Waals surface area contributed by atoms with E-state index in [2.05, 4.69) is 161 Å². The minimum absolute atomic E-state index is 0.624. The van der Waals surface area contributed by atoms with E-state index in [-0.39, 0.29) is 0 Å². The summed E-state index contributed by atoms with van der Waals surface area (Å²) in [4.78, 5) is 17.6. The van der Waals surface area contributed by atoms with Gasteiger partial charge >= 0.3 is 0 Å². The highest BCUT2D eigenvalue weighted by Crippen LogP contribution is 2.53. The van der Waals surface area contributed by atoms with Crippen LogP contribution in [0, 0.1) is 0 Å². The van der Waals surface area contributed by atoms with Gasteiger partial charge in [-0.15, -0.1) is 0 Å². The first-order valence-corrected chi connectivity index (χ1v) is 20.3. The fourth-order valence-corrected chi connectivity index (χ4v) is 9.02. The van der Waals surface area contributed by atoms with Gasteiger partial charge in [-0.2, -0.15) is 0 Å². The predicted molar refractivity (Wildman–Crippen MR) is 247 cm³/mol. The maximum atomic E-state index is 5.10. The first-order chi connectivity index (χ1) is 29.8. The standard InChI is InChI=1S/C55H35N5/c1-5-16-36(17-6-1)39-28-30-43-42-24-13-14-27-47(42)60(51(43)34-39)48-32-33-49-52-45(25-15-26-46(48)52)44-31-29-40(35-50(44)59(49)41-22-11-4-12-23-41)55-57-53(37-18-7-2-8-19-37)56-54(58-55)38-20-9-3-10-21-38/h1-35H. The minimum atomic E-state index is 0.624. The molecule has 1 aliphatic rings. The van der Waals surface area contributed by atoms with E-state index < -0.39 is 0 Å². The number of para-hydroxylation sites is 2. The summed E-state index contributed by atoms with van der Waals surface area (Å²) < 4.78 is 2.46. The molecule has 0 spiro atoms. The lowest BCUT2D eigenvalue weighted by Gasteiger charge is -2.34. The highest BCUT2D eigenvalue weighted by atomic mass is 15.2. The Morgan fingerprint density at radius 3 is 1.55 bits per heavy atom. The van der Waals surface area contributed by atoms with E-state index >= 15 is 0 Å². The summed E-state index contributed by atoms with van der Waals surface area (Å²) in [5.41, 5.74) is 14.3. The van der Waals surface area contributed by atoms with Crippen LogP contribution in [0.2, 0.25) is 0 Å². The second-order valence-corrected chi connectivity index (χ2v) is 15.2. The molecule has 280 valence electrons. The Balaban J connectivity index is 1.09. The Morgan fingerprint density at radius 1 is 0.300 bits per heavy atom. The number of benzene rings is 9. The summed E-state index contributed by atoms with van der Waals surface area (Å²) in [7, 11) is 0. The number of nitrogens with zero attached hydrogens (tertiary/aromatic N) is 5. The Bertz CT molecular complexity index is 3360. The maximum absolute atomic E-state index is 5.10. The zero-order chi connectivity index (χ0) is 39.6. The Hall–Kier alpha value is -8.15. The van der Waals surface area contributed by atoms with Crippen molar-refractivity contribution < 1.29 is 0 Å². The summed E-state index contributed by atoms with van der Waals surface area (Å²) in [5.74, 6) is 1.90. The fraction of sp³-hybridized carbons (Fsp3) is 0. The molecule has 11 aromatic rings. The fourth-order valence-electron chi connectivity index (χ4n) is 9.02. The van der Waals surface area contributed by atoms with Gasteiger partial charge in [0.1, 0.15) is 0 Å². The van der Waals surface area contributed by atoms with E-state index in [0.717, 1.165) is 45.0 Å². The van der Waals surface area contributed by atoms with Gasteiger partial charge in [0.05, 0.1) is 28.1 Å². The lowest BCUT2D eigenvalue weighted by Crippen LogP contribution is -2.16. The van der Waals surface area contributed by atoms with Gasteiger partial charge in [0.25, 0.3) is 0 Å². The average Bonchev–Trinajstić information content (AvgIpc) is 3.66. The van der Waals surface area contributed by atoms with Crippen LogP contribution in [0.25, 0.3) is 94.7 Å². The molecule has 0 fully saturated rings. The smallest absolute Gasteiger partial charge is 0.164 e. The Labute approximate surface area is 347 Å². The van der Waals surface area contributed by atoms with Gasteiger partial charge in [-0.3, -0.25) is 0 Å². The van der Waals surface area contributed by atoms with Gasteiger partial charge in [-0.1, -0.05) is 170 Å². The molecule has 0 saturated heterocycles. The topological polar surface area (TPSA) is 46.8 Å². The molecule has 1 aliphatic heterocycles. The summed E-state index contributed by atoms with van der Waals surface area (Å²) in [5, 5.41) is 4.87. The van der Waals surface area contributed by atoms with Gasteiger partial charge in [-0.25, -0.2) is 15.0 Å². The van der Waals surface area contributed by atoms with Gasteiger partial charge in [-0.05, 0) is 59.2 Å². The van der Waals surface area contributed by atoms with Crippen molar-refractivity contribution in [3.63, 3.8) is 0 Å². The third-order valence-electron chi connectivity index (χ3n) is 11.8. The van der Waals surface area contributed by atoms with Gasteiger partial charge in [0.2, 0.25) is 0 Å². The molecule has 9 aromatic carbocycles. The second kappa shape index (κ2) is 13.8. The normalized spacial score (nSPS) is 12.0. The predicted octanol–water partition coefficient (Wildman–Crippen LogP) is 14.2. The SMILES string of the molecule is c1ccc(-c2ccc3c4ccccc4n(-c4ccc5c6c(cccc46)-c4ccc(-c6nc(-c7ccccc7)nc(-c7ccccc7)n6)cc4N5c4ccccc4)c3c2)cc1. The number of hydrogen-bond acceptors (Lipinski definition) is 4. The number of anilines is 3. The summed E-state index contributed by atoms with van der Waals surface area (Å²) in [6.07, 6.45) is 0. The summed E-state index contributed by atoms with van der Waals surface area (Å²) in [6.45, 7) is 0. The van der Waals surface area contributed by atoms with Crippen LogP contribution in [0.15, 0.2) is 212 Å². The van der Waals surface area contributed by atoms with Crippen LogP contribution in [0.3, 0.4) is 0 Å². The summed E-state index contributed by atoms with van der Waals surface area (Å²) in [6, 6.07) is 75.2. The number of hydrogen-bond donors (Lipinski definition) is 0. The van der Waals surface area contributed by atoms with Crippen LogP contribution in [-0.2, 0) is 0 Å². The van der Waals surface area contributed by atoms with E-state index in [1.54, 1.807) is 0 Å². The van der Waals surface area contributed by atoms with Crippen molar-refractivity contribution in [3.05, 3.63) is 212 Å². The molecule has 3 heterocycles. The van der Waals surface area contributed by atoms with Crippen molar-refractivity contribution in [2.24, 2.45) is 0 Å². The van der Waals surface area contributed by atoms with Crippen molar-refractivity contribution in [2.45, 2.75) is 0 Å². The Morgan fingerprint density at radius 2 is 0.850 bits per heavy atom. The zero-order valence-corrected chi connectivity index (χ0v) is 32.4. The lowest BCUT2D eigenvalue weighted by atomic mass is 9.89. The van der Waals surface area contributed by atoms with Crippen LogP contribution in [0.1, 0.15) is 0 Å². The quantitative estimate of drug-likeness (QED) is 0.169. The first-order valence-electron chi connectivity index (χ1n) is 20.3. The molecule has 60 heavy (non-hydrogen) atoms. The molecule has 0 atom stereocenters. The van der Waals surface area contributed by atoms with Gasteiger partial charge in [0, 0.05) is 49.5 Å². The van der Waals surface area contributed by atoms with E-state index in [4.69, 9.17) is 15.0 Å². The van der Waals surface area contributed by atoms with Crippen molar-refractivity contribution >= 4 is 49.6 Å². The number of aromatic nitrogens is 4. The van der Waals surface area contributed by atoms with Crippen molar-refractivity contribution in [1.29, 1.82) is 0 Å². The maximum Gasteiger partial charge on any atom is 0.164 e. The molecule has 0 saturated carbocycles. The van der Waals surface area contributed by atoms with E-state index in [1.807, 2.05) is 60.7 Å². The minimum Gasteiger partial charge on any atom is -0.309 e. The molecule has 12 rings (SSSR count). The van der Waals surface area contributed by atoms with Gasteiger partial charge in [0.15, 0.2) is 17.5 Å². The highest BCUT2D eigenvalue weighted by Gasteiger charge is 2.29. The van der Waals surface area contributed by atoms with Crippen LogP contribution in [0.4, 0.5) is 17.1 Å². The molecule has 2 aromatic heterocycles. The molecule has 0 bridgehead atoms. The highest BCUT2D eigenvalue weighted by molar-refractivity contribution is 6.18. The second-order valence-electron chi connectivity index (χ2n) is 15.2. The zero-order valence-electron chi connectivity index (χ0n) is 32.4. The van der Waals surface area contributed by atoms with Crippen molar-refractivity contribution in [2.75, 3.05) is 4.90 Å². The summed E-state index contributed by atoms with van der Waals surface area (Å²) >= 11 is 0. The molecule has 0 unspecified atom stereocenters. The molecule has 5 nitrogen and oxygen atoms in total. The van der Waals surface area contributed by atoms with Crippen molar-refractivity contribution in [1.82, 2.24) is 19.5 Å². The monoisotopic (exact) mass is 765 g/mol. The Kier molecular flexibility index (Phi) is 7.78. The van der Waals surface area contributed by atoms with Crippen LogP contribution < -0.4 is 4.90 Å². The first kappa shape index (κ1) is 33.9. The molecular weight excluding hydrogens is 731 g/mol. The molecule has 0 aliphatic carbocycles. The van der Waals surface area contributed by atoms with Crippen LogP contribution in [-0.4, -0.2) is 19.5 Å². The average molecular weight is 766 g/mol. The van der Waals surface area contributed by atoms with E-state index in [9.17, 15) is 0 Å². The number of rotatable bonds is 6. The van der Waals surface area contributed by atoms with E-state index in [1.165, 1.54) is 49.3 Å². The molecule has 5 heteroatoms. The van der Waals surface area contributed by atoms with Gasteiger partial charge < -0.3 is 9.47 Å². The number of fused-ring (bicyclic) bond motifs is 5. The van der Waals surface area contributed by atoms with Crippen molar-refractivity contribution in [3.8, 4) is 62.1 Å². The lowest BCUT2D eigenvalue weighted by molar-refractivity contribution is 1.07. The molecule has 0 N–H and O–H groups in total. The molecule has 0 radical (unpaired) electrons. The van der Waals surface area contributed by atoms with Crippen LogP contribution >= 0.6 is 0 Å². The third kappa shape index (κ3) is 5.44.